The molecule has 12 nitrogen and oxygen atoms in total. The zero-order valence-electron chi connectivity index (χ0n) is 33.0. The molecular weight excluding hydrogens is 744 g/mol. The summed E-state index contributed by atoms with van der Waals surface area (Å²) in [5.41, 5.74) is 13.4. The number of carbonyl (C=O) groups excluding carboxylic acids is 2. The fraction of sp³-hybridized carbons (Fsp3) is 0.273. The van der Waals surface area contributed by atoms with Gasteiger partial charge in [-0.1, -0.05) is 0 Å². The number of amides is 1. The lowest BCUT2D eigenvalue weighted by Gasteiger charge is -2.10. The van der Waals surface area contributed by atoms with Crippen LogP contribution >= 0.6 is 11.6 Å². The van der Waals surface area contributed by atoms with Crippen molar-refractivity contribution in [2.24, 2.45) is 0 Å². The van der Waals surface area contributed by atoms with Crippen LogP contribution in [0.2, 0.25) is 0 Å². The summed E-state index contributed by atoms with van der Waals surface area (Å²) in [5.74, 6) is 1.63. The fourth-order valence-corrected chi connectivity index (χ4v) is 6.54. The van der Waals surface area contributed by atoms with Crippen LogP contribution in [0.5, 0.6) is 11.5 Å². The van der Waals surface area contributed by atoms with Gasteiger partial charge in [0.1, 0.15) is 23.6 Å². The Morgan fingerprint density at radius 3 is 1.49 bits per heavy atom. The molecule has 0 bridgehead atoms. The zero-order valence-corrected chi connectivity index (χ0v) is 33.8. The number of nitriles is 2. The smallest absolute Gasteiger partial charge is 0.411 e. The second kappa shape index (κ2) is 20.9. The summed E-state index contributed by atoms with van der Waals surface area (Å²) in [6, 6.07) is 31.5. The van der Waals surface area contributed by atoms with E-state index in [0.29, 0.717) is 55.5 Å². The van der Waals surface area contributed by atoms with Gasteiger partial charge in [0.25, 0.3) is 0 Å². The number of halogens is 1. The molecule has 0 spiro atoms. The number of anilines is 2. The van der Waals surface area contributed by atoms with Crippen molar-refractivity contribution in [3.05, 3.63) is 96.1 Å². The first-order valence-electron chi connectivity index (χ1n) is 18.7. The molecule has 0 unspecified atom stereocenters. The average molecular weight is 791 g/mol. The summed E-state index contributed by atoms with van der Waals surface area (Å²) in [4.78, 5) is 21.3. The Hall–Kier alpha value is -6.63. The third-order valence-corrected chi connectivity index (χ3v) is 8.78. The average Bonchev–Trinajstić information content (AvgIpc) is 3.70. The molecule has 0 atom stereocenters. The minimum absolute atomic E-state index is 0.305. The predicted molar refractivity (Wildman–Crippen MR) is 226 cm³/mol. The Labute approximate surface area is 337 Å². The number of fused-ring (bicyclic) bond motifs is 2. The Kier molecular flexibility index (Phi) is 15.8. The third kappa shape index (κ3) is 10.4. The van der Waals surface area contributed by atoms with Gasteiger partial charge in [-0.05, 0) is 138 Å². The van der Waals surface area contributed by atoms with Gasteiger partial charge < -0.3 is 33.8 Å². The Balaban J connectivity index is 0.000000224. The zero-order chi connectivity index (χ0) is 41.5. The van der Waals surface area contributed by atoms with Gasteiger partial charge in [-0.2, -0.15) is 10.5 Å². The topological polar surface area (TPSA) is 167 Å². The van der Waals surface area contributed by atoms with Gasteiger partial charge in [0.15, 0.2) is 0 Å². The number of benzene rings is 4. The predicted octanol–water partition coefficient (Wildman–Crippen LogP) is 10.7. The number of aromatic nitrogens is 2. The first-order chi connectivity index (χ1) is 27.6. The van der Waals surface area contributed by atoms with E-state index in [9.17, 15) is 20.1 Å². The summed E-state index contributed by atoms with van der Waals surface area (Å²) in [7, 11) is 0. The standard InChI is InChI=1S/C22H23N3O3.C19H19N3O.C3H5ClO2/c1-4-25-20-13-16(24-22(26)28-6-3)9-12-18(20)19(14-23)21(25)15-7-10-17(11-8-15)27-5-2;1-3-22-18-11-14(21)7-10-16(18)17(12-20)19(22)13-5-8-15(9-6-13)23-4-2;1-2-6-3(4)5/h7-13H,4-6H2,1-3H3,(H,24,26);5-11H,3-4,21H2,1-2H3;2H2,1H3. The molecule has 0 aliphatic heterocycles. The molecular formula is C44H47ClN6O6. The fourth-order valence-electron chi connectivity index (χ4n) is 6.43. The van der Waals surface area contributed by atoms with E-state index in [2.05, 4.69) is 38.3 Å². The SMILES string of the molecule is CCOC(=O)Cl.CCOC(=O)Nc1ccc2c(C#N)c(-c3ccc(OCC)cc3)n(CC)c2c1.CCOc1ccc(-c2c(C#N)c3ccc(N)cc3n2CC)cc1. The molecule has 6 aromatic rings. The minimum atomic E-state index is -0.738. The van der Waals surface area contributed by atoms with Crippen molar-refractivity contribution in [2.45, 2.75) is 54.6 Å². The molecule has 296 valence electrons. The van der Waals surface area contributed by atoms with Crippen LogP contribution in [0, 0.1) is 22.7 Å². The summed E-state index contributed by atoms with van der Waals surface area (Å²) >= 11 is 4.72. The lowest BCUT2D eigenvalue weighted by Crippen LogP contribution is -2.13. The molecule has 3 N–H and O–H groups in total. The quantitative estimate of drug-likeness (QED) is 0.0959. The molecule has 0 aliphatic rings. The highest BCUT2D eigenvalue weighted by Crippen LogP contribution is 2.37. The number of rotatable bonds is 11. The van der Waals surface area contributed by atoms with E-state index in [1.807, 2.05) is 99.6 Å². The second-order valence-corrected chi connectivity index (χ2v) is 12.4. The lowest BCUT2D eigenvalue weighted by atomic mass is 10.1. The number of nitrogens with zero attached hydrogens (tertiary/aromatic N) is 4. The highest BCUT2D eigenvalue weighted by molar-refractivity contribution is 6.61. The molecule has 0 radical (unpaired) electrons. The van der Waals surface area contributed by atoms with Crippen molar-refractivity contribution >= 4 is 56.3 Å². The van der Waals surface area contributed by atoms with Crippen molar-refractivity contribution in [1.29, 1.82) is 10.5 Å². The van der Waals surface area contributed by atoms with E-state index in [1.54, 1.807) is 19.9 Å². The van der Waals surface area contributed by atoms with Gasteiger partial charge in [-0.25, -0.2) is 9.59 Å². The van der Waals surface area contributed by atoms with Crippen LogP contribution in [0.3, 0.4) is 0 Å². The second-order valence-electron chi connectivity index (χ2n) is 12.1. The van der Waals surface area contributed by atoms with E-state index in [0.717, 1.165) is 62.4 Å². The first-order valence-corrected chi connectivity index (χ1v) is 19.1. The normalized spacial score (nSPS) is 10.3. The van der Waals surface area contributed by atoms with Crippen LogP contribution in [0.1, 0.15) is 52.7 Å². The van der Waals surface area contributed by atoms with E-state index in [-0.39, 0.29) is 0 Å². The number of nitrogens with one attached hydrogen (secondary N) is 1. The maximum atomic E-state index is 11.7. The van der Waals surface area contributed by atoms with Crippen LogP contribution in [-0.4, -0.2) is 47.1 Å². The number of hydrogen-bond acceptors (Lipinski definition) is 9. The number of ether oxygens (including phenoxy) is 4. The number of carbonyl (C=O) groups is 2. The molecule has 0 fully saturated rings. The van der Waals surface area contributed by atoms with Crippen LogP contribution in [0.15, 0.2) is 84.9 Å². The highest BCUT2D eigenvalue weighted by atomic mass is 35.5. The molecule has 1 amide bonds. The van der Waals surface area contributed by atoms with Crippen molar-refractivity contribution in [2.75, 3.05) is 37.5 Å². The molecule has 2 heterocycles. The van der Waals surface area contributed by atoms with Gasteiger partial charge in [0.2, 0.25) is 0 Å². The van der Waals surface area contributed by atoms with Crippen LogP contribution in [0.4, 0.5) is 21.0 Å². The van der Waals surface area contributed by atoms with Crippen LogP contribution < -0.4 is 20.5 Å². The Morgan fingerprint density at radius 2 is 1.11 bits per heavy atom. The molecule has 2 aromatic heterocycles. The van der Waals surface area contributed by atoms with E-state index < -0.39 is 11.5 Å². The van der Waals surface area contributed by atoms with Crippen molar-refractivity contribution in [3.8, 4) is 46.2 Å². The van der Waals surface area contributed by atoms with Gasteiger partial charge in [0.05, 0.1) is 60.0 Å². The summed E-state index contributed by atoms with van der Waals surface area (Å²) in [5, 5.41) is 24.0. The number of nitrogen functional groups attached to an aromatic ring is 1. The largest absolute Gasteiger partial charge is 0.494 e. The molecule has 4 aromatic carbocycles. The van der Waals surface area contributed by atoms with Crippen molar-refractivity contribution in [1.82, 2.24) is 9.13 Å². The highest BCUT2D eigenvalue weighted by Gasteiger charge is 2.20. The number of hydrogen-bond donors (Lipinski definition) is 2. The molecule has 13 heteroatoms. The summed E-state index contributed by atoms with van der Waals surface area (Å²) in [6.07, 6.45) is -0.497. The first kappa shape index (κ1) is 43.1. The van der Waals surface area contributed by atoms with E-state index in [1.165, 1.54) is 0 Å². The van der Waals surface area contributed by atoms with E-state index >= 15 is 0 Å². The third-order valence-electron chi connectivity index (χ3n) is 8.67. The molecule has 6 rings (SSSR count). The summed E-state index contributed by atoms with van der Waals surface area (Å²) < 4.78 is 24.3. The van der Waals surface area contributed by atoms with Crippen molar-refractivity contribution < 1.29 is 28.5 Å². The maximum absolute atomic E-state index is 11.7. The lowest BCUT2D eigenvalue weighted by molar-refractivity contribution is 0.168. The Bertz CT molecular complexity index is 2390. The van der Waals surface area contributed by atoms with Gasteiger partial charge in [0, 0.05) is 46.8 Å². The molecule has 0 saturated heterocycles. The van der Waals surface area contributed by atoms with Crippen molar-refractivity contribution in [3.63, 3.8) is 0 Å². The number of nitrogens with two attached hydrogens (primary N) is 1. The Morgan fingerprint density at radius 1 is 0.649 bits per heavy atom. The minimum Gasteiger partial charge on any atom is -0.494 e. The molecule has 0 saturated carbocycles. The van der Waals surface area contributed by atoms with Crippen LogP contribution in [-0.2, 0) is 22.6 Å². The van der Waals surface area contributed by atoms with Crippen LogP contribution in [0.25, 0.3) is 44.3 Å². The maximum Gasteiger partial charge on any atom is 0.411 e. The van der Waals surface area contributed by atoms with Gasteiger partial charge in [-0.3, -0.25) is 5.32 Å². The number of aryl methyl sites for hydroxylation is 2. The van der Waals surface area contributed by atoms with Gasteiger partial charge >= 0.3 is 11.5 Å². The summed E-state index contributed by atoms with van der Waals surface area (Å²) in [6.45, 7) is 14.8. The molecule has 0 aliphatic carbocycles. The molecule has 57 heavy (non-hydrogen) atoms. The van der Waals surface area contributed by atoms with Gasteiger partial charge in [-0.15, -0.1) is 0 Å². The van der Waals surface area contributed by atoms with E-state index in [4.69, 9.17) is 31.5 Å². The monoisotopic (exact) mass is 790 g/mol.